The molecule has 2 saturated heterocycles. The van der Waals surface area contributed by atoms with Crippen LogP contribution in [0.15, 0.2) is 66.7 Å². The largest absolute Gasteiger partial charge is 0.458 e. The van der Waals surface area contributed by atoms with Crippen LogP contribution in [0, 0.1) is 23.7 Å². The predicted octanol–water partition coefficient (Wildman–Crippen LogP) is -2.28. The smallest absolute Gasteiger partial charge is 0.328 e. The van der Waals surface area contributed by atoms with Crippen molar-refractivity contribution in [1.82, 2.24) is 52.8 Å². The maximum atomic E-state index is 14.8. The molecule has 0 saturated carbocycles. The van der Waals surface area contributed by atoms with Crippen LogP contribution in [-0.2, 0) is 78.2 Å². The van der Waals surface area contributed by atoms with Gasteiger partial charge in [-0.3, -0.25) is 52.7 Å². The Bertz CT molecular complexity index is 2980. The first-order chi connectivity index (χ1) is 43.3. The van der Waals surface area contributed by atoms with Crippen LogP contribution in [-0.4, -0.2) is 204 Å². The number of aliphatic hydroxyl groups excluding tert-OH is 3. The average Bonchev–Trinajstić information content (AvgIpc) is 0.844. The fourth-order valence-corrected chi connectivity index (χ4v) is 9.91. The molecular formula is C63H91N11O18. The minimum Gasteiger partial charge on any atom is -0.458 e. The summed E-state index contributed by atoms with van der Waals surface area (Å²) in [5.74, 6) is -13.1. The van der Waals surface area contributed by atoms with Gasteiger partial charge in [-0.2, -0.15) is 0 Å². The minimum absolute atomic E-state index is 0.0483. The van der Waals surface area contributed by atoms with Gasteiger partial charge in [-0.25, -0.2) is 4.79 Å². The van der Waals surface area contributed by atoms with Crippen LogP contribution in [0.2, 0.25) is 0 Å². The maximum Gasteiger partial charge on any atom is 0.328 e. The normalized spacial score (nSPS) is 26.9. The molecule has 29 nitrogen and oxygen atoms in total. The molecule has 0 spiro atoms. The Morgan fingerprint density at radius 2 is 1.27 bits per heavy atom. The standard InChI is InChI=1S/C63H91N11O18/c1-32(2)26-42-62(89)91-36(9)52(70-46(78)24-23-40-21-16-15-20-39(40)22-17-25-90-63-53(67-37(10)76)55(82)54(81)44(31-75)92-63)60(87)68-41(28-45(64)77)56(83)73-51(35(7)8)61(88)74(11)43(27-38-18-13-12-14-19-38)57(84)72-49(33(3)4)58(85)66-29-47(79)65-30-48(80)71-50(34(5)6)59(86)69-42/h12-24,32-36,41-44,49-55,63,75,81-82H,25-31H2,1-11H3,(H2,64,77)(H,65,79)(H,66,85)(H,67,76)(H,68,87)(H,69,86)(H,70,78)(H,71,80)(H,72,84)(H,73,83)/b22-17+,24-23+/t36-,41-,42+,43+,44-,49-,50-,51+,52-,53-,54-,55-,63-/m1/s1. The Balaban J connectivity index is 1.77. The number of carbonyl (C=O) groups is 12. The highest BCUT2D eigenvalue weighted by Crippen LogP contribution is 2.23. The Morgan fingerprint density at radius 1 is 0.696 bits per heavy atom. The zero-order valence-corrected chi connectivity index (χ0v) is 53.8. The number of nitrogens with one attached hydrogen (secondary N) is 9. The van der Waals surface area contributed by atoms with Crippen LogP contribution >= 0.6 is 0 Å². The summed E-state index contributed by atoms with van der Waals surface area (Å²) in [6.07, 6.45) is -2.68. The predicted molar refractivity (Wildman–Crippen MR) is 333 cm³/mol. The third-order valence-electron chi connectivity index (χ3n) is 15.0. The number of nitrogens with zero attached hydrogens (tertiary/aromatic N) is 1. The monoisotopic (exact) mass is 1290 g/mol. The van der Waals surface area contributed by atoms with Crippen molar-refractivity contribution in [3.05, 3.63) is 83.4 Å². The number of primary amides is 1. The van der Waals surface area contributed by atoms with Gasteiger partial charge in [-0.15, -0.1) is 0 Å². The van der Waals surface area contributed by atoms with E-state index in [1.54, 1.807) is 122 Å². The molecule has 29 heteroatoms. The number of benzene rings is 2. The lowest BCUT2D eigenvalue weighted by atomic mass is 9.97. The zero-order valence-electron chi connectivity index (χ0n) is 53.8. The summed E-state index contributed by atoms with van der Waals surface area (Å²) in [6.45, 7) is 13.4. The van der Waals surface area contributed by atoms with Crippen molar-refractivity contribution in [2.75, 3.05) is 33.4 Å². The molecule has 506 valence electrons. The van der Waals surface area contributed by atoms with E-state index in [0.29, 0.717) is 16.7 Å². The molecule has 2 aromatic carbocycles. The summed E-state index contributed by atoms with van der Waals surface area (Å²) >= 11 is 0. The van der Waals surface area contributed by atoms with Crippen LogP contribution in [0.25, 0.3) is 12.2 Å². The molecule has 13 atom stereocenters. The molecule has 0 radical (unpaired) electrons. The summed E-state index contributed by atoms with van der Waals surface area (Å²) in [7, 11) is 1.31. The van der Waals surface area contributed by atoms with Crippen molar-refractivity contribution in [3.8, 4) is 0 Å². The van der Waals surface area contributed by atoms with Gasteiger partial charge in [0.2, 0.25) is 65.0 Å². The Kier molecular flexibility index (Phi) is 30.0. The van der Waals surface area contributed by atoms with E-state index in [0.717, 1.165) is 11.0 Å². The van der Waals surface area contributed by atoms with Crippen molar-refractivity contribution in [2.45, 2.75) is 168 Å². The first kappa shape index (κ1) is 75.8. The molecule has 2 aliphatic heterocycles. The number of aliphatic hydroxyl groups is 3. The maximum absolute atomic E-state index is 14.8. The number of rotatable bonds is 18. The van der Waals surface area contributed by atoms with Gasteiger partial charge in [0.15, 0.2) is 6.29 Å². The van der Waals surface area contributed by atoms with Gasteiger partial charge < -0.3 is 88.0 Å². The number of carbonyl (C=O) groups excluding carboxylic acids is 12. The third kappa shape index (κ3) is 23.2. The number of nitrogens with two attached hydrogens (primary N) is 1. The summed E-state index contributed by atoms with van der Waals surface area (Å²) < 4.78 is 17.3. The number of amides is 11. The van der Waals surface area contributed by atoms with E-state index in [2.05, 4.69) is 47.9 Å². The van der Waals surface area contributed by atoms with E-state index >= 15 is 0 Å². The van der Waals surface area contributed by atoms with Gasteiger partial charge in [0, 0.05) is 26.5 Å². The van der Waals surface area contributed by atoms with E-state index in [4.69, 9.17) is 19.9 Å². The Labute approximate surface area is 534 Å². The SMILES string of the molecule is CC(=O)N[C@H]1[C@H](OC/C=C/c2ccccc2/C=C/C(=O)N[C@H]2C(=O)N[C@H](CC(N)=O)C(=O)N[C@@H](C(C)C)C(=O)N(C)[C@@H](Cc3ccccc3)C(=O)N[C@H](C(C)C)C(=O)NCC(=O)NCC(=O)N[C@H](C(C)C)C(=O)N[C@@H](CC(C)C)C(=O)O[C@@H]2C)O[C@H](CO)[C@@H](O)[C@@H]1O. The molecule has 2 heterocycles. The molecule has 14 N–H and O–H groups in total. The van der Waals surface area contributed by atoms with Gasteiger partial charge in [-0.1, -0.05) is 122 Å². The van der Waals surface area contributed by atoms with Gasteiger partial charge >= 0.3 is 5.97 Å². The van der Waals surface area contributed by atoms with Crippen molar-refractivity contribution >= 4 is 83.1 Å². The topological polar surface area (TPSA) is 431 Å². The summed E-state index contributed by atoms with van der Waals surface area (Å²) in [4.78, 5) is 167. The van der Waals surface area contributed by atoms with E-state index in [-0.39, 0.29) is 25.4 Å². The summed E-state index contributed by atoms with van der Waals surface area (Å²) in [6, 6.07) is 3.46. The number of hydrogen-bond donors (Lipinski definition) is 13. The molecule has 0 bridgehead atoms. The van der Waals surface area contributed by atoms with Crippen molar-refractivity contribution in [3.63, 3.8) is 0 Å². The highest BCUT2D eigenvalue weighted by Gasteiger charge is 2.46. The molecule has 2 aliphatic rings. The lowest BCUT2D eigenvalue weighted by Crippen LogP contribution is -2.64. The molecule has 0 aliphatic carbocycles. The van der Waals surface area contributed by atoms with Gasteiger partial charge in [0.05, 0.1) is 32.7 Å². The highest BCUT2D eigenvalue weighted by atomic mass is 16.7. The Morgan fingerprint density at radius 3 is 1.86 bits per heavy atom. The first-order valence-electron chi connectivity index (χ1n) is 30.4. The molecule has 2 aromatic rings. The lowest BCUT2D eigenvalue weighted by molar-refractivity contribution is -0.267. The van der Waals surface area contributed by atoms with Crippen LogP contribution in [0.1, 0.15) is 98.8 Å². The molecule has 92 heavy (non-hydrogen) atoms. The Hall–Kier alpha value is -8.64. The number of ether oxygens (including phenoxy) is 3. The average molecular weight is 1290 g/mol. The lowest BCUT2D eigenvalue weighted by Gasteiger charge is -2.42. The highest BCUT2D eigenvalue weighted by molar-refractivity contribution is 6.00. The van der Waals surface area contributed by atoms with E-state index in [1.165, 1.54) is 27.0 Å². The third-order valence-corrected chi connectivity index (χ3v) is 15.0. The second-order valence-corrected chi connectivity index (χ2v) is 24.1. The number of hydrogen-bond acceptors (Lipinski definition) is 18. The second-order valence-electron chi connectivity index (χ2n) is 24.1. The number of cyclic esters (lactones) is 1. The van der Waals surface area contributed by atoms with Crippen LogP contribution in [0.4, 0.5) is 0 Å². The summed E-state index contributed by atoms with van der Waals surface area (Å²) in [5.41, 5.74) is 7.20. The minimum atomic E-state index is -1.90. The molecule has 0 unspecified atom stereocenters. The first-order valence-corrected chi connectivity index (χ1v) is 30.4. The molecule has 4 rings (SSSR count). The van der Waals surface area contributed by atoms with E-state index in [9.17, 15) is 72.9 Å². The van der Waals surface area contributed by atoms with Crippen molar-refractivity contribution in [2.24, 2.45) is 29.4 Å². The second kappa shape index (κ2) is 36.4. The van der Waals surface area contributed by atoms with Crippen LogP contribution < -0.4 is 53.6 Å². The molecule has 2 fully saturated rings. The van der Waals surface area contributed by atoms with Gasteiger partial charge in [-0.05, 0) is 59.8 Å². The number of likely N-dealkylation sites (N-methyl/N-ethyl adjacent to an activating group) is 1. The number of esters is 1. The fourth-order valence-electron chi connectivity index (χ4n) is 9.91. The van der Waals surface area contributed by atoms with Crippen LogP contribution in [0.3, 0.4) is 0 Å². The van der Waals surface area contributed by atoms with E-state index < -0.39 is 194 Å². The zero-order chi connectivity index (χ0) is 68.7. The van der Waals surface area contributed by atoms with Crippen LogP contribution in [0.5, 0.6) is 0 Å². The summed E-state index contributed by atoms with van der Waals surface area (Å²) in [5, 5.41) is 53.5. The molecule has 11 amide bonds. The van der Waals surface area contributed by atoms with Crippen molar-refractivity contribution < 1.29 is 87.1 Å². The van der Waals surface area contributed by atoms with E-state index in [1.807, 2.05) is 0 Å². The molecular weight excluding hydrogens is 1200 g/mol. The van der Waals surface area contributed by atoms with Gasteiger partial charge in [0.1, 0.15) is 72.8 Å². The van der Waals surface area contributed by atoms with Crippen molar-refractivity contribution in [1.29, 1.82) is 0 Å². The quantitative estimate of drug-likeness (QED) is 0.0552. The fraction of sp³-hybridized carbons (Fsp3) is 0.556. The molecule has 0 aromatic heterocycles. The van der Waals surface area contributed by atoms with Gasteiger partial charge in [0.25, 0.3) is 0 Å².